The maximum atomic E-state index is 12.1. The van der Waals surface area contributed by atoms with Crippen LogP contribution in [0.25, 0.3) is 0 Å². The van der Waals surface area contributed by atoms with E-state index in [4.69, 9.17) is 4.74 Å². The summed E-state index contributed by atoms with van der Waals surface area (Å²) in [7, 11) is -3.15. The van der Waals surface area contributed by atoms with E-state index in [1.54, 1.807) is 4.90 Å². The van der Waals surface area contributed by atoms with Gasteiger partial charge in [0.05, 0.1) is 12.9 Å². The molecular formula is C15H22N2O4S. The molecule has 1 aliphatic rings. The first-order valence-electron chi connectivity index (χ1n) is 7.37. The van der Waals surface area contributed by atoms with Gasteiger partial charge in [-0.25, -0.2) is 8.42 Å². The smallest absolute Gasteiger partial charge is 0.222 e. The lowest BCUT2D eigenvalue weighted by molar-refractivity contribution is -0.132. The fourth-order valence-electron chi connectivity index (χ4n) is 2.36. The molecule has 122 valence electrons. The van der Waals surface area contributed by atoms with E-state index >= 15 is 0 Å². The third-order valence-corrected chi connectivity index (χ3v) is 4.91. The largest absolute Gasteiger partial charge is 0.494 e. The Bertz CT molecular complexity index is 581. The third kappa shape index (κ3) is 4.99. The number of carbonyl (C=O) groups excluding carboxylic acids is 1. The molecule has 0 saturated carbocycles. The molecule has 0 atom stereocenters. The second kappa shape index (κ2) is 7.60. The minimum absolute atomic E-state index is 0.0600. The van der Waals surface area contributed by atoms with Crippen LogP contribution >= 0.6 is 0 Å². The van der Waals surface area contributed by atoms with Crippen LogP contribution in [0.2, 0.25) is 0 Å². The van der Waals surface area contributed by atoms with Crippen LogP contribution in [0.3, 0.4) is 0 Å². The number of carbonyl (C=O) groups is 1. The molecule has 0 unspecified atom stereocenters. The van der Waals surface area contributed by atoms with Crippen molar-refractivity contribution in [1.82, 2.24) is 9.21 Å². The summed E-state index contributed by atoms with van der Waals surface area (Å²) in [5.41, 5.74) is 0. The predicted octanol–water partition coefficient (Wildman–Crippen LogP) is 0.949. The van der Waals surface area contributed by atoms with Crippen molar-refractivity contribution in [3.63, 3.8) is 0 Å². The number of para-hydroxylation sites is 1. The van der Waals surface area contributed by atoms with Gasteiger partial charge in [0, 0.05) is 32.6 Å². The first-order chi connectivity index (χ1) is 10.5. The molecule has 1 aromatic rings. The number of ether oxygens (including phenoxy) is 1. The molecule has 0 aromatic heterocycles. The molecule has 2 rings (SSSR count). The Hall–Kier alpha value is -1.60. The van der Waals surface area contributed by atoms with E-state index < -0.39 is 10.0 Å². The Labute approximate surface area is 131 Å². The van der Waals surface area contributed by atoms with Crippen molar-refractivity contribution in [1.29, 1.82) is 0 Å². The van der Waals surface area contributed by atoms with Crippen molar-refractivity contribution in [2.45, 2.75) is 12.8 Å². The Kier molecular flexibility index (Phi) is 5.79. The van der Waals surface area contributed by atoms with Crippen LogP contribution in [0.15, 0.2) is 30.3 Å². The van der Waals surface area contributed by atoms with E-state index in [1.807, 2.05) is 30.3 Å². The molecule has 1 amide bonds. The van der Waals surface area contributed by atoms with Crippen molar-refractivity contribution >= 4 is 15.9 Å². The van der Waals surface area contributed by atoms with E-state index in [0.717, 1.165) is 5.75 Å². The highest BCUT2D eigenvalue weighted by Crippen LogP contribution is 2.11. The highest BCUT2D eigenvalue weighted by atomic mass is 32.2. The molecule has 6 nitrogen and oxygen atoms in total. The fourth-order valence-corrected chi connectivity index (χ4v) is 3.18. The minimum Gasteiger partial charge on any atom is -0.494 e. The summed E-state index contributed by atoms with van der Waals surface area (Å²) in [4.78, 5) is 13.8. The van der Waals surface area contributed by atoms with Crippen LogP contribution in [0.1, 0.15) is 12.8 Å². The summed E-state index contributed by atoms with van der Waals surface area (Å²) >= 11 is 0. The van der Waals surface area contributed by atoms with E-state index in [-0.39, 0.29) is 5.91 Å². The van der Waals surface area contributed by atoms with Gasteiger partial charge in [0.1, 0.15) is 5.75 Å². The summed E-state index contributed by atoms with van der Waals surface area (Å²) in [6.07, 6.45) is 2.27. The van der Waals surface area contributed by atoms with E-state index in [0.29, 0.717) is 45.6 Å². The number of nitrogens with zero attached hydrogens (tertiary/aromatic N) is 2. The summed E-state index contributed by atoms with van der Waals surface area (Å²) < 4.78 is 29.8. The lowest BCUT2D eigenvalue weighted by Crippen LogP contribution is -2.50. The van der Waals surface area contributed by atoms with Gasteiger partial charge in [-0.1, -0.05) is 18.2 Å². The fraction of sp³-hybridized carbons (Fsp3) is 0.533. The number of piperazine rings is 1. The lowest BCUT2D eigenvalue weighted by atomic mass is 10.2. The highest BCUT2D eigenvalue weighted by Gasteiger charge is 2.25. The number of hydrogen-bond donors (Lipinski definition) is 0. The van der Waals surface area contributed by atoms with Crippen molar-refractivity contribution in [3.8, 4) is 5.75 Å². The summed E-state index contributed by atoms with van der Waals surface area (Å²) in [6.45, 7) is 2.19. The molecule has 0 N–H and O–H groups in total. The highest BCUT2D eigenvalue weighted by molar-refractivity contribution is 7.88. The molecule has 7 heteroatoms. The monoisotopic (exact) mass is 326 g/mol. The van der Waals surface area contributed by atoms with Gasteiger partial charge in [-0.2, -0.15) is 4.31 Å². The maximum absolute atomic E-state index is 12.1. The zero-order valence-electron chi connectivity index (χ0n) is 12.8. The molecule has 0 spiro atoms. The van der Waals surface area contributed by atoms with Crippen LogP contribution < -0.4 is 4.74 Å². The van der Waals surface area contributed by atoms with Gasteiger partial charge < -0.3 is 9.64 Å². The van der Waals surface area contributed by atoms with Crippen molar-refractivity contribution < 1.29 is 17.9 Å². The summed E-state index contributed by atoms with van der Waals surface area (Å²) in [6, 6.07) is 9.49. The van der Waals surface area contributed by atoms with Crippen LogP contribution in [-0.2, 0) is 14.8 Å². The van der Waals surface area contributed by atoms with E-state index in [9.17, 15) is 13.2 Å². The normalized spacial score (nSPS) is 16.5. The SMILES string of the molecule is CS(=O)(=O)N1CCN(C(=O)CCCOc2ccccc2)CC1. The second-order valence-corrected chi connectivity index (χ2v) is 7.29. The van der Waals surface area contributed by atoms with Gasteiger partial charge in [0.15, 0.2) is 0 Å². The molecular weight excluding hydrogens is 304 g/mol. The van der Waals surface area contributed by atoms with Gasteiger partial charge in [0.25, 0.3) is 0 Å². The van der Waals surface area contributed by atoms with Crippen LogP contribution in [0.4, 0.5) is 0 Å². The predicted molar refractivity (Wildman–Crippen MR) is 84.2 cm³/mol. The van der Waals surface area contributed by atoms with E-state index in [2.05, 4.69) is 0 Å². The van der Waals surface area contributed by atoms with E-state index in [1.165, 1.54) is 10.6 Å². The van der Waals surface area contributed by atoms with Gasteiger partial charge >= 0.3 is 0 Å². The van der Waals surface area contributed by atoms with Gasteiger partial charge in [0.2, 0.25) is 15.9 Å². The lowest BCUT2D eigenvalue weighted by Gasteiger charge is -2.33. The second-order valence-electron chi connectivity index (χ2n) is 5.31. The average Bonchev–Trinajstić information content (AvgIpc) is 2.52. The summed E-state index contributed by atoms with van der Waals surface area (Å²) in [5.74, 6) is 0.863. The first-order valence-corrected chi connectivity index (χ1v) is 9.22. The quantitative estimate of drug-likeness (QED) is 0.730. The minimum atomic E-state index is -3.15. The molecule has 1 aliphatic heterocycles. The summed E-state index contributed by atoms with van der Waals surface area (Å²) in [5, 5.41) is 0. The van der Waals surface area contributed by atoms with Crippen LogP contribution in [-0.4, -0.2) is 62.6 Å². The zero-order valence-corrected chi connectivity index (χ0v) is 13.6. The number of amides is 1. The topological polar surface area (TPSA) is 66.9 Å². The number of hydrogen-bond acceptors (Lipinski definition) is 4. The maximum Gasteiger partial charge on any atom is 0.222 e. The number of sulfonamides is 1. The standard InChI is InChI=1S/C15H22N2O4S/c1-22(19,20)17-11-9-16(10-12-17)15(18)8-5-13-21-14-6-3-2-4-7-14/h2-4,6-7H,5,8-13H2,1H3. The van der Waals surface area contributed by atoms with Crippen LogP contribution in [0, 0.1) is 0 Å². The van der Waals surface area contributed by atoms with Crippen molar-refractivity contribution in [2.75, 3.05) is 39.0 Å². The Morgan fingerprint density at radius 3 is 2.36 bits per heavy atom. The first kappa shape index (κ1) is 16.8. The molecule has 1 aromatic carbocycles. The van der Waals surface area contributed by atoms with Crippen LogP contribution in [0.5, 0.6) is 5.75 Å². The Morgan fingerprint density at radius 1 is 1.14 bits per heavy atom. The molecule has 22 heavy (non-hydrogen) atoms. The Morgan fingerprint density at radius 2 is 1.77 bits per heavy atom. The van der Waals surface area contributed by atoms with Gasteiger partial charge in [-0.3, -0.25) is 4.79 Å². The average molecular weight is 326 g/mol. The van der Waals surface area contributed by atoms with Crippen molar-refractivity contribution in [3.05, 3.63) is 30.3 Å². The van der Waals surface area contributed by atoms with Gasteiger partial charge in [-0.15, -0.1) is 0 Å². The Balaban J connectivity index is 1.66. The number of rotatable bonds is 6. The molecule has 0 aliphatic carbocycles. The third-order valence-electron chi connectivity index (χ3n) is 3.61. The molecule has 1 fully saturated rings. The number of benzene rings is 1. The van der Waals surface area contributed by atoms with Crippen molar-refractivity contribution in [2.24, 2.45) is 0 Å². The zero-order chi connectivity index (χ0) is 16.0. The van der Waals surface area contributed by atoms with Gasteiger partial charge in [-0.05, 0) is 18.6 Å². The molecule has 0 bridgehead atoms. The molecule has 1 saturated heterocycles. The molecule has 1 heterocycles. The molecule has 0 radical (unpaired) electrons.